The van der Waals surface area contributed by atoms with Crippen LogP contribution in [0.2, 0.25) is 0 Å². The number of rotatable bonds is 5. The second kappa shape index (κ2) is 8.78. The van der Waals surface area contributed by atoms with Crippen LogP contribution in [0.4, 0.5) is 16.2 Å². The van der Waals surface area contributed by atoms with E-state index in [4.69, 9.17) is 4.74 Å². The topological polar surface area (TPSA) is 87.7 Å². The minimum atomic E-state index is -3.79. The molecule has 2 aliphatic rings. The number of fused-ring (bicyclic) bond motifs is 1. The molecule has 1 aliphatic carbocycles. The molecule has 1 aliphatic heterocycles. The highest BCUT2D eigenvalue weighted by molar-refractivity contribution is 7.92. The fourth-order valence-electron chi connectivity index (χ4n) is 4.36. The molecule has 2 aromatic carbocycles. The highest BCUT2D eigenvalue weighted by Crippen LogP contribution is 2.33. The third kappa shape index (κ3) is 4.63. The van der Waals surface area contributed by atoms with Gasteiger partial charge in [-0.25, -0.2) is 13.2 Å². The molecule has 0 unspecified atom stereocenters. The zero-order chi connectivity index (χ0) is 22.0. The molecule has 31 heavy (non-hydrogen) atoms. The quantitative estimate of drug-likeness (QED) is 0.725. The van der Waals surface area contributed by atoms with E-state index in [0.717, 1.165) is 42.5 Å². The van der Waals surface area contributed by atoms with E-state index >= 15 is 0 Å². The smallest absolute Gasteiger partial charge is 0.322 e. The first-order chi connectivity index (χ1) is 14.9. The number of ether oxygens (including phenoxy) is 1. The summed E-state index contributed by atoms with van der Waals surface area (Å²) < 4.78 is 33.9. The number of hydrogen-bond acceptors (Lipinski definition) is 4. The maximum atomic E-state index is 13.0. The van der Waals surface area contributed by atoms with Crippen LogP contribution in [-0.2, 0) is 16.4 Å². The average Bonchev–Trinajstić information content (AvgIpc) is 3.18. The van der Waals surface area contributed by atoms with Crippen LogP contribution in [0.15, 0.2) is 41.3 Å². The maximum absolute atomic E-state index is 13.0. The van der Waals surface area contributed by atoms with Gasteiger partial charge in [0, 0.05) is 18.3 Å². The van der Waals surface area contributed by atoms with Gasteiger partial charge in [-0.1, -0.05) is 25.3 Å². The van der Waals surface area contributed by atoms with Crippen LogP contribution in [0.5, 0.6) is 5.75 Å². The predicted octanol–water partition coefficient (Wildman–Crippen LogP) is 4.21. The summed E-state index contributed by atoms with van der Waals surface area (Å²) >= 11 is 0. The Kier molecular flexibility index (Phi) is 6.09. The predicted molar refractivity (Wildman–Crippen MR) is 121 cm³/mol. The number of methoxy groups -OCH3 is 1. The van der Waals surface area contributed by atoms with Crippen molar-refractivity contribution in [3.8, 4) is 5.75 Å². The Bertz CT molecular complexity index is 1080. The van der Waals surface area contributed by atoms with Gasteiger partial charge in [0.05, 0.1) is 17.7 Å². The minimum absolute atomic E-state index is 0.0936. The Morgan fingerprint density at radius 2 is 1.87 bits per heavy atom. The van der Waals surface area contributed by atoms with Gasteiger partial charge in [-0.15, -0.1) is 0 Å². The maximum Gasteiger partial charge on any atom is 0.322 e. The first-order valence-electron chi connectivity index (χ1n) is 10.8. The van der Waals surface area contributed by atoms with Crippen LogP contribution in [0, 0.1) is 6.92 Å². The van der Waals surface area contributed by atoms with Crippen LogP contribution in [0.3, 0.4) is 0 Å². The van der Waals surface area contributed by atoms with Crippen molar-refractivity contribution in [3.63, 3.8) is 0 Å². The molecule has 0 bridgehead atoms. The third-order valence-electron chi connectivity index (χ3n) is 6.03. The van der Waals surface area contributed by atoms with Gasteiger partial charge >= 0.3 is 6.03 Å². The van der Waals surface area contributed by atoms with Gasteiger partial charge in [-0.3, -0.25) is 9.62 Å². The highest BCUT2D eigenvalue weighted by Gasteiger charge is 2.28. The Labute approximate surface area is 183 Å². The summed E-state index contributed by atoms with van der Waals surface area (Å²) in [5.74, 6) is 0.459. The number of carbonyl (C=O) groups excluding carboxylic acids is 1. The monoisotopic (exact) mass is 443 g/mol. The van der Waals surface area contributed by atoms with E-state index in [1.807, 2.05) is 13.0 Å². The second-order valence-corrected chi connectivity index (χ2v) is 9.97. The summed E-state index contributed by atoms with van der Waals surface area (Å²) in [4.78, 5) is 14.7. The van der Waals surface area contributed by atoms with Gasteiger partial charge in [-0.2, -0.15) is 0 Å². The Balaban J connectivity index is 1.52. The molecule has 166 valence electrons. The zero-order valence-electron chi connectivity index (χ0n) is 18.0. The lowest BCUT2D eigenvalue weighted by molar-refractivity contribution is 0.238. The molecule has 1 heterocycles. The molecule has 1 saturated carbocycles. The number of carbonyl (C=O) groups is 1. The van der Waals surface area contributed by atoms with Gasteiger partial charge in [0.15, 0.2) is 0 Å². The lowest BCUT2D eigenvalue weighted by atomic mass is 9.96. The van der Waals surface area contributed by atoms with Crippen LogP contribution in [0.1, 0.15) is 43.2 Å². The molecule has 0 atom stereocenters. The van der Waals surface area contributed by atoms with Gasteiger partial charge in [0.2, 0.25) is 0 Å². The Morgan fingerprint density at radius 1 is 1.10 bits per heavy atom. The number of hydrogen-bond donors (Lipinski definition) is 2. The fourth-order valence-corrected chi connectivity index (χ4v) is 5.47. The first kappa shape index (κ1) is 21.5. The molecule has 0 aromatic heterocycles. The third-order valence-corrected chi connectivity index (χ3v) is 7.40. The molecule has 7 nitrogen and oxygen atoms in total. The van der Waals surface area contributed by atoms with E-state index in [0.29, 0.717) is 24.4 Å². The zero-order valence-corrected chi connectivity index (χ0v) is 18.8. The minimum Gasteiger partial charge on any atom is -0.495 e. The SMILES string of the molecule is COc1ccc(C)cc1NS(=O)(=O)c1ccc2c(c1)CCN2C(=O)NC1CCCCC1. The van der Waals surface area contributed by atoms with Crippen molar-refractivity contribution >= 4 is 27.4 Å². The normalized spacial score (nSPS) is 16.6. The van der Waals surface area contributed by atoms with Crippen molar-refractivity contribution in [2.75, 3.05) is 23.3 Å². The number of sulfonamides is 1. The molecule has 2 amide bonds. The molecule has 4 rings (SSSR count). The van der Waals surface area contributed by atoms with Gasteiger partial charge in [0.25, 0.3) is 10.0 Å². The van der Waals surface area contributed by atoms with Crippen molar-refractivity contribution in [2.24, 2.45) is 0 Å². The number of anilines is 2. The summed E-state index contributed by atoms with van der Waals surface area (Å²) in [6, 6.07) is 10.4. The number of amides is 2. The van der Waals surface area contributed by atoms with Crippen LogP contribution < -0.4 is 19.7 Å². The van der Waals surface area contributed by atoms with E-state index in [1.54, 1.807) is 35.2 Å². The molecule has 2 N–H and O–H groups in total. The molecule has 0 radical (unpaired) electrons. The summed E-state index contributed by atoms with van der Waals surface area (Å²) in [7, 11) is -2.29. The molecular formula is C23H29N3O4S. The molecular weight excluding hydrogens is 414 g/mol. The highest BCUT2D eigenvalue weighted by atomic mass is 32.2. The van der Waals surface area contributed by atoms with Gasteiger partial charge in [-0.05, 0) is 67.6 Å². The first-order valence-corrected chi connectivity index (χ1v) is 12.2. The van der Waals surface area contributed by atoms with Crippen LogP contribution in [-0.4, -0.2) is 34.1 Å². The summed E-state index contributed by atoms with van der Waals surface area (Å²) in [6.07, 6.45) is 6.22. The van der Waals surface area contributed by atoms with Crippen molar-refractivity contribution < 1.29 is 17.9 Å². The summed E-state index contributed by atoms with van der Waals surface area (Å²) in [6.45, 7) is 2.44. The van der Waals surface area contributed by atoms with E-state index in [9.17, 15) is 13.2 Å². The van der Waals surface area contributed by atoms with E-state index < -0.39 is 10.0 Å². The second-order valence-electron chi connectivity index (χ2n) is 8.29. The number of benzene rings is 2. The van der Waals surface area contributed by atoms with Crippen molar-refractivity contribution in [3.05, 3.63) is 47.5 Å². The van der Waals surface area contributed by atoms with E-state index in [2.05, 4.69) is 10.0 Å². The van der Waals surface area contributed by atoms with Crippen molar-refractivity contribution in [1.82, 2.24) is 5.32 Å². The van der Waals surface area contributed by atoms with Gasteiger partial charge in [0.1, 0.15) is 5.75 Å². The number of nitrogens with zero attached hydrogens (tertiary/aromatic N) is 1. The Hall–Kier alpha value is -2.74. The largest absolute Gasteiger partial charge is 0.495 e. The standard InChI is InChI=1S/C23H29N3O4S/c1-16-8-11-22(30-2)20(14-16)25-31(28,29)19-9-10-21-17(15-19)12-13-26(21)23(27)24-18-6-4-3-5-7-18/h8-11,14-15,18,25H,3-7,12-13H2,1-2H3,(H,24,27). The molecule has 1 fully saturated rings. The van der Waals surface area contributed by atoms with E-state index in [1.165, 1.54) is 13.5 Å². The Morgan fingerprint density at radius 3 is 2.61 bits per heavy atom. The number of nitrogens with one attached hydrogen (secondary N) is 2. The lowest BCUT2D eigenvalue weighted by Crippen LogP contribution is -2.45. The average molecular weight is 444 g/mol. The van der Waals surface area contributed by atoms with Crippen LogP contribution in [0.25, 0.3) is 0 Å². The van der Waals surface area contributed by atoms with Gasteiger partial charge < -0.3 is 10.1 Å². The fraction of sp³-hybridized carbons (Fsp3) is 0.435. The number of aryl methyl sites for hydroxylation is 1. The number of urea groups is 1. The van der Waals surface area contributed by atoms with Crippen molar-refractivity contribution in [1.29, 1.82) is 0 Å². The lowest BCUT2D eigenvalue weighted by Gasteiger charge is -2.26. The molecule has 0 spiro atoms. The molecule has 0 saturated heterocycles. The molecule has 8 heteroatoms. The van der Waals surface area contributed by atoms with Crippen LogP contribution >= 0.6 is 0 Å². The van der Waals surface area contributed by atoms with E-state index in [-0.39, 0.29) is 17.0 Å². The molecule has 2 aromatic rings. The van der Waals surface area contributed by atoms with Crippen molar-refractivity contribution in [2.45, 2.75) is 56.4 Å². The summed E-state index contributed by atoms with van der Waals surface area (Å²) in [5.41, 5.74) is 2.96. The summed E-state index contributed by atoms with van der Waals surface area (Å²) in [5, 5.41) is 3.14.